The van der Waals surface area contributed by atoms with Gasteiger partial charge in [-0.05, 0) is 30.5 Å². The Bertz CT molecular complexity index is 642. The molecule has 0 spiro atoms. The predicted molar refractivity (Wildman–Crippen MR) is 90.5 cm³/mol. The zero-order valence-electron chi connectivity index (χ0n) is 13.7. The van der Waals surface area contributed by atoms with Crippen LogP contribution in [-0.2, 0) is 4.79 Å². The Labute approximate surface area is 144 Å². The van der Waals surface area contributed by atoms with Crippen LogP contribution in [0.5, 0.6) is 0 Å². The summed E-state index contributed by atoms with van der Waals surface area (Å²) in [7, 11) is 0. The monoisotopic (exact) mass is 352 g/mol. The quantitative estimate of drug-likeness (QED) is 0.243. The summed E-state index contributed by atoms with van der Waals surface area (Å²) < 4.78 is 26.8. The number of nitrogens with one attached hydrogen (secondary N) is 2. The van der Waals surface area contributed by atoms with Crippen LogP contribution >= 0.6 is 0 Å². The topological polar surface area (TPSA) is 109 Å². The minimum Gasteiger partial charge on any atom is -0.273 e. The summed E-state index contributed by atoms with van der Waals surface area (Å²) in [5.41, 5.74) is 6.12. The highest BCUT2D eigenvalue weighted by Crippen LogP contribution is 2.30. The molecule has 6 N–H and O–H groups in total. The maximum atomic E-state index is 13.4. The van der Waals surface area contributed by atoms with Crippen LogP contribution < -0.4 is 22.5 Å². The lowest BCUT2D eigenvalue weighted by atomic mass is 10.0. The number of carbonyl (C=O) groups is 1. The number of carbonyl (C=O) groups excluding carboxylic acids is 1. The van der Waals surface area contributed by atoms with E-state index in [-0.39, 0.29) is 18.5 Å². The van der Waals surface area contributed by atoms with Gasteiger partial charge >= 0.3 is 0 Å². The Morgan fingerprint density at radius 3 is 2.52 bits per heavy atom. The predicted octanol–water partition coefficient (Wildman–Crippen LogP) is 1.20. The van der Waals surface area contributed by atoms with Gasteiger partial charge < -0.3 is 0 Å². The number of hydrazone groups is 1. The van der Waals surface area contributed by atoms with Crippen LogP contribution in [0.2, 0.25) is 0 Å². The minimum atomic E-state index is -0.683. The van der Waals surface area contributed by atoms with Crippen molar-refractivity contribution >= 4 is 12.1 Å². The fourth-order valence-corrected chi connectivity index (χ4v) is 2.65. The molecule has 1 aromatic rings. The molecular weight excluding hydrogens is 330 g/mol. The van der Waals surface area contributed by atoms with Crippen molar-refractivity contribution in [3.8, 4) is 0 Å². The third kappa shape index (κ3) is 5.13. The van der Waals surface area contributed by atoms with E-state index >= 15 is 0 Å². The molecular formula is C16H22F2N6O. The van der Waals surface area contributed by atoms with Gasteiger partial charge in [-0.15, -0.1) is 0 Å². The molecule has 1 aliphatic heterocycles. The minimum absolute atomic E-state index is 0.173. The largest absolute Gasteiger partial charge is 0.273 e. The molecule has 0 fully saturated rings. The molecule has 0 radical (unpaired) electrons. The van der Waals surface area contributed by atoms with Crippen LogP contribution in [0.4, 0.5) is 8.78 Å². The van der Waals surface area contributed by atoms with E-state index in [0.29, 0.717) is 24.8 Å². The Kier molecular flexibility index (Phi) is 6.71. The zero-order valence-corrected chi connectivity index (χ0v) is 13.7. The summed E-state index contributed by atoms with van der Waals surface area (Å²) in [5.74, 6) is 9.00. The summed E-state index contributed by atoms with van der Waals surface area (Å²) >= 11 is 0. The first-order valence-corrected chi connectivity index (χ1v) is 7.84. The number of nitrogens with zero attached hydrogens (tertiary/aromatic N) is 2. The van der Waals surface area contributed by atoms with Gasteiger partial charge in [0, 0.05) is 25.1 Å². The van der Waals surface area contributed by atoms with Crippen molar-refractivity contribution in [2.24, 2.45) is 16.8 Å². The van der Waals surface area contributed by atoms with Crippen LogP contribution in [-0.4, -0.2) is 23.3 Å². The highest BCUT2D eigenvalue weighted by Gasteiger charge is 2.28. The van der Waals surface area contributed by atoms with Crippen molar-refractivity contribution in [2.75, 3.05) is 0 Å². The van der Waals surface area contributed by atoms with Gasteiger partial charge in [0.05, 0.1) is 12.2 Å². The van der Waals surface area contributed by atoms with Crippen molar-refractivity contribution in [3.05, 3.63) is 47.5 Å². The molecule has 0 aromatic heterocycles. The molecule has 9 heteroatoms. The third-order valence-electron chi connectivity index (χ3n) is 3.94. The second-order valence-corrected chi connectivity index (χ2v) is 5.83. The zero-order chi connectivity index (χ0) is 18.4. The van der Waals surface area contributed by atoms with Gasteiger partial charge in [0.2, 0.25) is 5.91 Å². The van der Waals surface area contributed by atoms with E-state index in [9.17, 15) is 13.6 Å². The smallest absolute Gasteiger partial charge is 0.243 e. The summed E-state index contributed by atoms with van der Waals surface area (Å²) in [6.45, 7) is 3.89. The Balaban J connectivity index is 1.96. The van der Waals surface area contributed by atoms with Crippen LogP contribution in [0.1, 0.15) is 37.3 Å². The molecule has 1 atom stereocenters. The van der Waals surface area contributed by atoms with E-state index in [1.807, 2.05) is 0 Å². The lowest BCUT2D eigenvalue weighted by molar-refractivity contribution is -0.133. The Morgan fingerprint density at radius 1 is 1.28 bits per heavy atom. The lowest BCUT2D eigenvalue weighted by Gasteiger charge is -2.23. The van der Waals surface area contributed by atoms with Crippen molar-refractivity contribution in [2.45, 2.75) is 37.9 Å². The van der Waals surface area contributed by atoms with E-state index in [0.717, 1.165) is 11.6 Å². The van der Waals surface area contributed by atoms with Crippen molar-refractivity contribution in [1.82, 2.24) is 15.9 Å². The van der Waals surface area contributed by atoms with Gasteiger partial charge in [-0.25, -0.2) is 24.6 Å². The molecule has 1 heterocycles. The molecule has 1 unspecified atom stereocenters. The van der Waals surface area contributed by atoms with Crippen molar-refractivity contribution < 1.29 is 13.6 Å². The van der Waals surface area contributed by atoms with E-state index < -0.39 is 17.7 Å². The highest BCUT2D eigenvalue weighted by atomic mass is 19.1. The van der Waals surface area contributed by atoms with Gasteiger partial charge in [-0.3, -0.25) is 16.5 Å². The molecule has 0 bridgehead atoms. The first-order valence-electron chi connectivity index (χ1n) is 7.84. The SMILES string of the molecule is C=C(CCC(=O)N1N=CCC1c1cc(F)cc(F)c1)CC(NN)NN. The lowest BCUT2D eigenvalue weighted by Crippen LogP contribution is -2.49. The number of amides is 1. The maximum Gasteiger partial charge on any atom is 0.243 e. The van der Waals surface area contributed by atoms with Crippen molar-refractivity contribution in [1.29, 1.82) is 0 Å². The van der Waals surface area contributed by atoms with Gasteiger partial charge in [-0.1, -0.05) is 12.2 Å². The molecule has 1 aliphatic rings. The number of nitrogens with two attached hydrogens (primary N) is 2. The van der Waals surface area contributed by atoms with Crippen LogP contribution in [0, 0.1) is 11.6 Å². The fraction of sp³-hybridized carbons (Fsp3) is 0.375. The van der Waals surface area contributed by atoms with E-state index in [4.69, 9.17) is 11.7 Å². The first kappa shape index (κ1) is 19.1. The summed E-state index contributed by atoms with van der Waals surface area (Å²) in [6, 6.07) is 2.72. The van der Waals surface area contributed by atoms with Gasteiger partial charge in [-0.2, -0.15) is 5.10 Å². The number of benzene rings is 1. The molecule has 1 amide bonds. The molecule has 0 saturated carbocycles. The van der Waals surface area contributed by atoms with Crippen molar-refractivity contribution in [3.63, 3.8) is 0 Å². The van der Waals surface area contributed by atoms with Crippen LogP contribution in [0.25, 0.3) is 0 Å². The number of hydrazine groups is 2. The summed E-state index contributed by atoms with van der Waals surface area (Å²) in [6.07, 6.45) is 2.69. The Hall–Kier alpha value is -2.20. The van der Waals surface area contributed by atoms with E-state index in [1.54, 1.807) is 6.21 Å². The summed E-state index contributed by atoms with van der Waals surface area (Å²) in [5, 5.41) is 5.31. The van der Waals surface area contributed by atoms with Gasteiger partial charge in [0.25, 0.3) is 0 Å². The molecule has 2 rings (SSSR count). The molecule has 136 valence electrons. The standard InChI is InChI=1S/C16H22F2N6O/c1-10(6-15(22-19)23-20)2-3-16(25)24-14(4-5-21-24)11-7-12(17)9-13(18)8-11/h5,7-9,14-15,22-23H,1-4,6,19-20H2. The molecule has 0 aliphatic carbocycles. The number of hydrogen-bond donors (Lipinski definition) is 4. The third-order valence-corrected chi connectivity index (χ3v) is 3.94. The number of halogens is 2. The first-order chi connectivity index (χ1) is 11.9. The molecule has 25 heavy (non-hydrogen) atoms. The second-order valence-electron chi connectivity index (χ2n) is 5.83. The fourth-order valence-electron chi connectivity index (χ4n) is 2.65. The van der Waals surface area contributed by atoms with Gasteiger partial charge in [0.15, 0.2) is 0 Å². The normalized spacial score (nSPS) is 16.7. The molecule has 0 saturated heterocycles. The number of hydrogen-bond acceptors (Lipinski definition) is 6. The number of rotatable bonds is 8. The average Bonchev–Trinajstić information content (AvgIpc) is 3.06. The summed E-state index contributed by atoms with van der Waals surface area (Å²) in [4.78, 5) is 12.4. The van der Waals surface area contributed by atoms with Crippen LogP contribution in [0.3, 0.4) is 0 Å². The molecule has 7 nitrogen and oxygen atoms in total. The van der Waals surface area contributed by atoms with E-state index in [2.05, 4.69) is 22.5 Å². The average molecular weight is 352 g/mol. The van der Waals surface area contributed by atoms with E-state index in [1.165, 1.54) is 17.1 Å². The molecule has 1 aromatic carbocycles. The second kappa shape index (κ2) is 8.77. The highest BCUT2D eigenvalue weighted by molar-refractivity contribution is 5.80. The Morgan fingerprint density at radius 2 is 1.92 bits per heavy atom. The maximum absolute atomic E-state index is 13.4. The van der Waals surface area contributed by atoms with Gasteiger partial charge in [0.1, 0.15) is 11.6 Å². The van der Waals surface area contributed by atoms with Crippen LogP contribution in [0.15, 0.2) is 35.5 Å².